The number of nitrogens with one attached hydrogen (secondary N) is 1. The van der Waals surface area contributed by atoms with E-state index in [-0.39, 0.29) is 0 Å². The van der Waals surface area contributed by atoms with Crippen LogP contribution in [0.25, 0.3) is 0 Å². The first-order valence-electron chi connectivity index (χ1n) is 7.61. The fourth-order valence-electron chi connectivity index (χ4n) is 3.40. The first-order valence-corrected chi connectivity index (χ1v) is 7.61. The van der Waals surface area contributed by atoms with Crippen molar-refractivity contribution < 1.29 is 0 Å². The fourth-order valence-corrected chi connectivity index (χ4v) is 3.40. The standard InChI is InChI=1S/C15H24N4/c1-16-8-5-12-6-9-19(10-7-12)15-13-3-2-4-14(13)17-11-18-15/h11-12,16H,2-10H2,1H3. The molecular formula is C15H24N4. The minimum Gasteiger partial charge on any atom is -0.356 e. The van der Waals surface area contributed by atoms with Gasteiger partial charge in [-0.1, -0.05) is 0 Å². The van der Waals surface area contributed by atoms with Crippen molar-refractivity contribution in [2.75, 3.05) is 31.6 Å². The van der Waals surface area contributed by atoms with Gasteiger partial charge in [0, 0.05) is 24.3 Å². The summed E-state index contributed by atoms with van der Waals surface area (Å²) < 4.78 is 0. The van der Waals surface area contributed by atoms with E-state index in [1.54, 1.807) is 6.33 Å². The maximum Gasteiger partial charge on any atom is 0.135 e. The number of aromatic nitrogens is 2. The largest absolute Gasteiger partial charge is 0.356 e. The molecule has 0 amide bonds. The van der Waals surface area contributed by atoms with Crippen LogP contribution in [0.4, 0.5) is 5.82 Å². The Morgan fingerprint density at radius 2 is 2.11 bits per heavy atom. The topological polar surface area (TPSA) is 41.0 Å². The summed E-state index contributed by atoms with van der Waals surface area (Å²) in [5.41, 5.74) is 2.72. The van der Waals surface area contributed by atoms with E-state index in [0.29, 0.717) is 0 Å². The minimum absolute atomic E-state index is 0.888. The Morgan fingerprint density at radius 3 is 2.89 bits per heavy atom. The predicted molar refractivity (Wildman–Crippen MR) is 77.5 cm³/mol. The molecule has 0 aromatic carbocycles. The molecule has 0 spiro atoms. The molecule has 0 unspecified atom stereocenters. The van der Waals surface area contributed by atoms with Gasteiger partial charge in [-0.15, -0.1) is 0 Å². The van der Waals surface area contributed by atoms with Crippen molar-refractivity contribution in [3.8, 4) is 0 Å². The number of fused-ring (bicyclic) bond motifs is 1. The summed E-state index contributed by atoms with van der Waals surface area (Å²) in [6.07, 6.45) is 9.24. The number of aryl methyl sites for hydroxylation is 1. The average Bonchev–Trinajstić information content (AvgIpc) is 2.94. The van der Waals surface area contributed by atoms with Crippen LogP contribution in [-0.4, -0.2) is 36.6 Å². The molecule has 4 heteroatoms. The van der Waals surface area contributed by atoms with Crippen molar-refractivity contribution in [2.45, 2.75) is 38.5 Å². The van der Waals surface area contributed by atoms with Crippen LogP contribution in [0.5, 0.6) is 0 Å². The number of piperidine rings is 1. The molecule has 1 aliphatic heterocycles. The summed E-state index contributed by atoms with van der Waals surface area (Å²) in [6, 6.07) is 0. The lowest BCUT2D eigenvalue weighted by molar-refractivity contribution is 0.376. The summed E-state index contributed by atoms with van der Waals surface area (Å²) in [7, 11) is 2.04. The Morgan fingerprint density at radius 1 is 1.26 bits per heavy atom. The Balaban J connectivity index is 1.64. The number of anilines is 1. The van der Waals surface area contributed by atoms with E-state index in [4.69, 9.17) is 0 Å². The lowest BCUT2D eigenvalue weighted by Gasteiger charge is -2.33. The van der Waals surface area contributed by atoms with Crippen LogP contribution in [0.15, 0.2) is 6.33 Å². The SMILES string of the molecule is CNCCC1CCN(c2ncnc3c2CCC3)CC1. The second kappa shape index (κ2) is 5.87. The van der Waals surface area contributed by atoms with Gasteiger partial charge >= 0.3 is 0 Å². The van der Waals surface area contributed by atoms with Gasteiger partial charge in [0.25, 0.3) is 0 Å². The molecule has 19 heavy (non-hydrogen) atoms. The van der Waals surface area contributed by atoms with Crippen LogP contribution in [0.3, 0.4) is 0 Å². The van der Waals surface area contributed by atoms with Crippen LogP contribution in [-0.2, 0) is 12.8 Å². The van der Waals surface area contributed by atoms with Gasteiger partial charge in [0.1, 0.15) is 12.1 Å². The van der Waals surface area contributed by atoms with Gasteiger partial charge in [0.15, 0.2) is 0 Å². The Labute approximate surface area is 115 Å². The van der Waals surface area contributed by atoms with Gasteiger partial charge in [0.05, 0.1) is 0 Å². The highest BCUT2D eigenvalue weighted by atomic mass is 15.2. The zero-order chi connectivity index (χ0) is 13.1. The molecule has 1 aromatic rings. The molecule has 1 aliphatic carbocycles. The minimum atomic E-state index is 0.888. The smallest absolute Gasteiger partial charge is 0.135 e. The maximum absolute atomic E-state index is 4.56. The molecule has 1 saturated heterocycles. The molecule has 4 nitrogen and oxygen atoms in total. The molecular weight excluding hydrogens is 236 g/mol. The van der Waals surface area contributed by atoms with Crippen LogP contribution in [0.2, 0.25) is 0 Å². The summed E-state index contributed by atoms with van der Waals surface area (Å²) in [6.45, 7) is 3.48. The normalized spacial score (nSPS) is 19.7. The zero-order valence-electron chi connectivity index (χ0n) is 11.9. The van der Waals surface area contributed by atoms with Crippen molar-refractivity contribution in [3.63, 3.8) is 0 Å². The monoisotopic (exact) mass is 260 g/mol. The van der Waals surface area contributed by atoms with Gasteiger partial charge in [-0.3, -0.25) is 0 Å². The molecule has 2 heterocycles. The van der Waals surface area contributed by atoms with Crippen molar-refractivity contribution in [1.29, 1.82) is 0 Å². The third-order valence-corrected chi connectivity index (χ3v) is 4.57. The second-order valence-corrected chi connectivity index (χ2v) is 5.80. The number of hydrogen-bond acceptors (Lipinski definition) is 4. The summed E-state index contributed by atoms with van der Waals surface area (Å²) in [5.74, 6) is 2.12. The molecule has 3 rings (SSSR count). The van der Waals surface area contributed by atoms with E-state index >= 15 is 0 Å². The first kappa shape index (κ1) is 12.9. The highest BCUT2D eigenvalue weighted by molar-refractivity contribution is 5.50. The highest BCUT2D eigenvalue weighted by Crippen LogP contribution is 2.31. The third kappa shape index (κ3) is 2.73. The zero-order valence-corrected chi connectivity index (χ0v) is 11.9. The lowest BCUT2D eigenvalue weighted by atomic mass is 9.93. The molecule has 0 radical (unpaired) electrons. The first-order chi connectivity index (χ1) is 9.38. The Hall–Kier alpha value is -1.16. The van der Waals surface area contributed by atoms with E-state index in [1.807, 2.05) is 7.05 Å². The lowest BCUT2D eigenvalue weighted by Crippen LogP contribution is -2.35. The Kier molecular flexibility index (Phi) is 3.97. The molecule has 0 atom stereocenters. The molecule has 104 valence electrons. The molecule has 1 aromatic heterocycles. The average molecular weight is 260 g/mol. The van der Waals surface area contributed by atoms with Crippen LogP contribution >= 0.6 is 0 Å². The van der Waals surface area contributed by atoms with Crippen molar-refractivity contribution in [2.24, 2.45) is 5.92 Å². The molecule has 1 fully saturated rings. The maximum atomic E-state index is 4.56. The van der Waals surface area contributed by atoms with Crippen LogP contribution in [0, 0.1) is 5.92 Å². The third-order valence-electron chi connectivity index (χ3n) is 4.57. The quantitative estimate of drug-likeness (QED) is 0.896. The van der Waals surface area contributed by atoms with Gasteiger partial charge in [-0.05, 0) is 58.0 Å². The van der Waals surface area contributed by atoms with Gasteiger partial charge in [-0.2, -0.15) is 0 Å². The molecule has 0 saturated carbocycles. The van der Waals surface area contributed by atoms with E-state index in [9.17, 15) is 0 Å². The Bertz CT molecular complexity index is 424. The molecule has 0 bridgehead atoms. The van der Waals surface area contributed by atoms with E-state index in [2.05, 4.69) is 20.2 Å². The van der Waals surface area contributed by atoms with E-state index in [1.165, 1.54) is 49.2 Å². The summed E-state index contributed by atoms with van der Waals surface area (Å²) >= 11 is 0. The molecule has 1 N–H and O–H groups in total. The van der Waals surface area contributed by atoms with Crippen LogP contribution < -0.4 is 10.2 Å². The summed E-state index contributed by atoms with van der Waals surface area (Å²) in [4.78, 5) is 11.5. The van der Waals surface area contributed by atoms with Crippen molar-refractivity contribution in [1.82, 2.24) is 15.3 Å². The number of nitrogens with zero attached hydrogens (tertiary/aromatic N) is 3. The predicted octanol–water partition coefficient (Wildman–Crippen LogP) is 1.79. The number of hydrogen-bond donors (Lipinski definition) is 1. The van der Waals surface area contributed by atoms with Gasteiger partial charge in [-0.25, -0.2) is 9.97 Å². The van der Waals surface area contributed by atoms with Gasteiger partial charge in [0.2, 0.25) is 0 Å². The van der Waals surface area contributed by atoms with Gasteiger partial charge < -0.3 is 10.2 Å². The number of rotatable bonds is 4. The highest BCUT2D eigenvalue weighted by Gasteiger charge is 2.24. The van der Waals surface area contributed by atoms with Crippen LogP contribution in [0.1, 0.15) is 36.9 Å². The summed E-state index contributed by atoms with van der Waals surface area (Å²) in [5, 5.41) is 3.26. The van der Waals surface area contributed by atoms with Crippen molar-refractivity contribution in [3.05, 3.63) is 17.6 Å². The van der Waals surface area contributed by atoms with Crippen molar-refractivity contribution >= 4 is 5.82 Å². The second-order valence-electron chi connectivity index (χ2n) is 5.80. The van der Waals surface area contributed by atoms with E-state index in [0.717, 1.165) is 32.0 Å². The van der Waals surface area contributed by atoms with E-state index < -0.39 is 0 Å². The fraction of sp³-hybridized carbons (Fsp3) is 0.733. The molecule has 2 aliphatic rings.